The van der Waals surface area contributed by atoms with E-state index in [2.05, 4.69) is 22.0 Å². The van der Waals surface area contributed by atoms with Gasteiger partial charge in [-0.3, -0.25) is 0 Å². The molecule has 0 fully saturated rings. The molecule has 4 rings (SSSR count). The van der Waals surface area contributed by atoms with Crippen molar-refractivity contribution in [3.8, 4) is 23.3 Å². The molecule has 0 saturated heterocycles. The number of hydrogen-bond donors (Lipinski definition) is 1. The maximum absolute atomic E-state index is 12.8. The zero-order valence-corrected chi connectivity index (χ0v) is 22.3. The zero-order valence-electron chi connectivity index (χ0n) is 19.2. The summed E-state index contributed by atoms with van der Waals surface area (Å²) in [6.07, 6.45) is 1.82. The molecule has 0 aliphatic carbocycles. The minimum atomic E-state index is -0.653. The lowest BCUT2D eigenvalue weighted by Gasteiger charge is -2.26. The van der Waals surface area contributed by atoms with Crippen molar-refractivity contribution in [3.63, 3.8) is 0 Å². The summed E-state index contributed by atoms with van der Waals surface area (Å²) in [4.78, 5) is 12.8. The topological polar surface area (TPSA) is 94.6 Å². The number of carbonyl (C=O) groups is 1. The fraction of sp³-hybridized carbons (Fsp3) is 0.185. The second kappa shape index (κ2) is 11.3. The highest BCUT2D eigenvalue weighted by atomic mass is 79.9. The second-order valence-electron chi connectivity index (χ2n) is 8.04. The van der Waals surface area contributed by atoms with Gasteiger partial charge in [-0.15, -0.1) is 0 Å². The van der Waals surface area contributed by atoms with E-state index in [1.54, 1.807) is 18.2 Å². The molecule has 0 bridgehead atoms. The number of esters is 1. The SMILES string of the molecule is CCCCOc1c(Cl)cc(C(=O)Oc2ccc3c(c2)OC(N)=C(C#N)C3c2cccc(Br)c2)cc1Cl. The smallest absolute Gasteiger partial charge is 0.343 e. The number of benzene rings is 3. The predicted octanol–water partition coefficient (Wildman–Crippen LogP) is 7.37. The van der Waals surface area contributed by atoms with Crippen LogP contribution in [0.1, 0.15) is 47.2 Å². The Kier molecular flexibility index (Phi) is 8.10. The van der Waals surface area contributed by atoms with Gasteiger partial charge in [-0.2, -0.15) is 5.26 Å². The Balaban J connectivity index is 1.60. The van der Waals surface area contributed by atoms with Crippen molar-refractivity contribution in [2.24, 2.45) is 5.73 Å². The number of carbonyl (C=O) groups excluding carboxylic acids is 1. The third-order valence-electron chi connectivity index (χ3n) is 5.56. The molecule has 9 heteroatoms. The van der Waals surface area contributed by atoms with E-state index in [-0.39, 0.29) is 27.2 Å². The summed E-state index contributed by atoms with van der Waals surface area (Å²) in [7, 11) is 0. The molecule has 0 saturated carbocycles. The number of nitrogens with zero attached hydrogens (tertiary/aromatic N) is 1. The minimum Gasteiger partial charge on any atom is -0.490 e. The van der Waals surface area contributed by atoms with Crippen LogP contribution in [-0.4, -0.2) is 12.6 Å². The first-order chi connectivity index (χ1) is 17.3. The molecule has 36 heavy (non-hydrogen) atoms. The van der Waals surface area contributed by atoms with Crippen molar-refractivity contribution in [3.05, 3.63) is 97.3 Å². The molecule has 0 radical (unpaired) electrons. The van der Waals surface area contributed by atoms with Gasteiger partial charge in [-0.05, 0) is 42.3 Å². The van der Waals surface area contributed by atoms with Gasteiger partial charge in [0, 0.05) is 16.1 Å². The van der Waals surface area contributed by atoms with Crippen LogP contribution in [0.2, 0.25) is 10.0 Å². The van der Waals surface area contributed by atoms with Gasteiger partial charge >= 0.3 is 5.97 Å². The van der Waals surface area contributed by atoms with Crippen LogP contribution in [0.5, 0.6) is 17.2 Å². The minimum absolute atomic E-state index is 0.00400. The number of nitrogens with two attached hydrogens (primary N) is 1. The highest BCUT2D eigenvalue weighted by Crippen LogP contribution is 2.44. The lowest BCUT2D eigenvalue weighted by molar-refractivity contribution is 0.0734. The summed E-state index contributed by atoms with van der Waals surface area (Å²) in [5, 5.41) is 10.2. The molecular formula is C27H21BrCl2N2O4. The Morgan fingerprint density at radius 2 is 1.92 bits per heavy atom. The van der Waals surface area contributed by atoms with Crippen LogP contribution in [0.25, 0.3) is 0 Å². The van der Waals surface area contributed by atoms with Crippen molar-refractivity contribution in [1.29, 1.82) is 5.26 Å². The van der Waals surface area contributed by atoms with Gasteiger partial charge in [-0.1, -0.05) is 70.7 Å². The van der Waals surface area contributed by atoms with Gasteiger partial charge in [0.25, 0.3) is 0 Å². The Labute approximate surface area is 227 Å². The molecule has 1 heterocycles. The van der Waals surface area contributed by atoms with Crippen LogP contribution in [0.4, 0.5) is 0 Å². The zero-order chi connectivity index (χ0) is 25.8. The molecule has 1 aliphatic heterocycles. The van der Waals surface area contributed by atoms with E-state index in [1.165, 1.54) is 12.1 Å². The van der Waals surface area contributed by atoms with Gasteiger partial charge in [0.2, 0.25) is 5.88 Å². The standard InChI is InChI=1S/C27H21BrCl2N2O4/c1-2-3-9-34-25-21(29)11-16(12-22(25)30)27(33)35-18-7-8-19-23(13-18)36-26(32)20(14-31)24(19)15-5-4-6-17(28)10-15/h4-8,10-13,24H,2-3,9,32H2,1H3. The molecule has 3 aromatic rings. The summed E-state index contributed by atoms with van der Waals surface area (Å²) in [5.41, 5.74) is 8.14. The summed E-state index contributed by atoms with van der Waals surface area (Å²) < 4.78 is 17.8. The summed E-state index contributed by atoms with van der Waals surface area (Å²) in [6.45, 7) is 2.52. The van der Waals surface area contributed by atoms with E-state index in [1.807, 2.05) is 31.2 Å². The molecule has 3 aromatic carbocycles. The summed E-state index contributed by atoms with van der Waals surface area (Å²) >= 11 is 16.1. The van der Waals surface area contributed by atoms with Crippen molar-refractivity contribution >= 4 is 45.1 Å². The quantitative estimate of drug-likeness (QED) is 0.176. The number of halogens is 3. The Bertz CT molecular complexity index is 1380. The number of fused-ring (bicyclic) bond motifs is 1. The molecule has 0 spiro atoms. The number of allylic oxidation sites excluding steroid dienone is 1. The molecular weight excluding hydrogens is 567 g/mol. The van der Waals surface area contributed by atoms with E-state index >= 15 is 0 Å². The Hall–Kier alpha value is -3.18. The maximum atomic E-state index is 12.8. The summed E-state index contributed by atoms with van der Waals surface area (Å²) in [5.74, 6) is -0.137. The first-order valence-electron chi connectivity index (χ1n) is 11.1. The molecule has 1 atom stereocenters. The van der Waals surface area contributed by atoms with E-state index in [0.717, 1.165) is 28.4 Å². The number of unbranched alkanes of at least 4 members (excludes halogenated alkanes) is 1. The fourth-order valence-electron chi connectivity index (χ4n) is 3.83. The largest absolute Gasteiger partial charge is 0.490 e. The van der Waals surface area contributed by atoms with E-state index in [0.29, 0.717) is 23.7 Å². The number of ether oxygens (including phenoxy) is 3. The van der Waals surface area contributed by atoms with Gasteiger partial charge in [-0.25, -0.2) is 4.79 Å². The van der Waals surface area contributed by atoms with E-state index < -0.39 is 11.9 Å². The summed E-state index contributed by atoms with van der Waals surface area (Å²) in [6, 6.07) is 17.6. The molecule has 0 amide bonds. The first kappa shape index (κ1) is 25.9. The van der Waals surface area contributed by atoms with Crippen molar-refractivity contribution in [2.45, 2.75) is 25.7 Å². The van der Waals surface area contributed by atoms with Gasteiger partial charge in [0.15, 0.2) is 5.75 Å². The average Bonchev–Trinajstić information content (AvgIpc) is 2.84. The van der Waals surface area contributed by atoms with Crippen molar-refractivity contribution in [1.82, 2.24) is 0 Å². The maximum Gasteiger partial charge on any atom is 0.343 e. The predicted molar refractivity (Wildman–Crippen MR) is 142 cm³/mol. The van der Waals surface area contributed by atoms with Gasteiger partial charge in [0.05, 0.1) is 28.1 Å². The third kappa shape index (κ3) is 5.46. The first-order valence-corrected chi connectivity index (χ1v) is 12.7. The van der Waals surface area contributed by atoms with Gasteiger partial charge < -0.3 is 19.9 Å². The molecule has 0 aromatic heterocycles. The lowest BCUT2D eigenvalue weighted by Crippen LogP contribution is -2.21. The number of rotatable bonds is 7. The van der Waals surface area contributed by atoms with E-state index in [9.17, 15) is 10.1 Å². The van der Waals surface area contributed by atoms with Crippen LogP contribution < -0.4 is 19.9 Å². The Morgan fingerprint density at radius 1 is 1.17 bits per heavy atom. The molecule has 6 nitrogen and oxygen atoms in total. The molecule has 184 valence electrons. The molecule has 1 unspecified atom stereocenters. The second-order valence-corrected chi connectivity index (χ2v) is 9.77. The average molecular weight is 588 g/mol. The Morgan fingerprint density at radius 3 is 2.58 bits per heavy atom. The van der Waals surface area contributed by atoms with Crippen LogP contribution in [0.3, 0.4) is 0 Å². The third-order valence-corrected chi connectivity index (χ3v) is 6.62. The van der Waals surface area contributed by atoms with Gasteiger partial charge in [0.1, 0.15) is 23.1 Å². The normalized spacial score (nSPS) is 14.5. The van der Waals surface area contributed by atoms with Crippen molar-refractivity contribution in [2.75, 3.05) is 6.61 Å². The molecule has 1 aliphatic rings. The van der Waals surface area contributed by atoms with E-state index in [4.69, 9.17) is 43.1 Å². The monoisotopic (exact) mass is 586 g/mol. The highest BCUT2D eigenvalue weighted by Gasteiger charge is 2.31. The molecule has 2 N–H and O–H groups in total. The highest BCUT2D eigenvalue weighted by molar-refractivity contribution is 9.10. The number of nitriles is 1. The fourth-order valence-corrected chi connectivity index (χ4v) is 4.84. The number of hydrogen-bond acceptors (Lipinski definition) is 6. The van der Waals surface area contributed by atoms with Crippen LogP contribution in [0, 0.1) is 11.3 Å². The lowest BCUT2D eigenvalue weighted by atomic mass is 9.83. The van der Waals surface area contributed by atoms with Crippen LogP contribution >= 0.6 is 39.1 Å². The van der Waals surface area contributed by atoms with Crippen molar-refractivity contribution < 1.29 is 19.0 Å². The van der Waals surface area contributed by atoms with Crippen LogP contribution in [-0.2, 0) is 0 Å². The van der Waals surface area contributed by atoms with Crippen LogP contribution in [0.15, 0.2) is 70.5 Å².